The molecule has 7 aromatic carbocycles. The summed E-state index contributed by atoms with van der Waals surface area (Å²) >= 11 is 0. The number of nitrogens with zero attached hydrogens (tertiary/aromatic N) is 5. The van der Waals surface area contributed by atoms with E-state index in [0.717, 1.165) is 65.3 Å². The van der Waals surface area contributed by atoms with Gasteiger partial charge >= 0.3 is 0 Å². The summed E-state index contributed by atoms with van der Waals surface area (Å²) in [6, 6.07) is 53.6. The van der Waals surface area contributed by atoms with Crippen molar-refractivity contribution < 1.29 is 9.59 Å². The van der Waals surface area contributed by atoms with E-state index in [1.54, 1.807) is 36.4 Å². The second-order valence-corrected chi connectivity index (χ2v) is 13.1. The molecule has 53 heavy (non-hydrogen) atoms. The Morgan fingerprint density at radius 1 is 0.434 bits per heavy atom. The molecular weight excluding hydrogens is 655 g/mol. The molecule has 0 fully saturated rings. The zero-order valence-corrected chi connectivity index (χ0v) is 28.0. The Morgan fingerprint density at radius 2 is 0.943 bits per heavy atom. The number of anilines is 1. The van der Waals surface area contributed by atoms with Crippen LogP contribution < -0.4 is 4.90 Å². The van der Waals surface area contributed by atoms with Gasteiger partial charge in [0.05, 0.1) is 61.8 Å². The fraction of sp³-hybridized carbons (Fsp3) is 0. The van der Waals surface area contributed by atoms with Crippen molar-refractivity contribution in [2.45, 2.75) is 0 Å². The second kappa shape index (κ2) is 11.4. The van der Waals surface area contributed by atoms with E-state index in [4.69, 9.17) is 0 Å². The highest BCUT2D eigenvalue weighted by Crippen LogP contribution is 2.39. The molecule has 0 unspecified atom stereocenters. The molecule has 1 aliphatic rings. The zero-order chi connectivity index (χ0) is 35.8. The maximum atomic E-state index is 13.3. The first-order valence-electron chi connectivity index (χ1n) is 17.1. The third-order valence-electron chi connectivity index (χ3n) is 10.3. The number of carbonyl (C=O) groups excluding carboxylic acids is 2. The molecule has 0 bridgehead atoms. The number of carbonyl (C=O) groups is 2. The summed E-state index contributed by atoms with van der Waals surface area (Å²) < 4.78 is 4.31. The Bertz CT molecular complexity index is 3100. The van der Waals surface area contributed by atoms with Gasteiger partial charge in [-0.05, 0) is 102 Å². The van der Waals surface area contributed by atoms with Gasteiger partial charge in [0.2, 0.25) is 0 Å². The molecule has 7 heteroatoms. The number of hydrogen-bond acceptors (Lipinski definition) is 4. The highest BCUT2D eigenvalue weighted by molar-refractivity contribution is 6.34. The quantitative estimate of drug-likeness (QED) is 0.173. The predicted octanol–water partition coefficient (Wildman–Crippen LogP) is 10.1. The molecule has 0 radical (unpaired) electrons. The normalized spacial score (nSPS) is 12.5. The van der Waals surface area contributed by atoms with E-state index >= 15 is 0 Å². The van der Waals surface area contributed by atoms with Gasteiger partial charge in [-0.2, -0.15) is 10.5 Å². The number of aromatic nitrogens is 2. The van der Waals surface area contributed by atoms with E-state index in [1.165, 1.54) is 0 Å². The number of amides is 2. The predicted molar refractivity (Wildman–Crippen MR) is 208 cm³/mol. The van der Waals surface area contributed by atoms with E-state index in [-0.39, 0.29) is 0 Å². The topological polar surface area (TPSA) is 94.8 Å². The number of rotatable bonds is 4. The van der Waals surface area contributed by atoms with Crippen molar-refractivity contribution in [1.29, 1.82) is 10.5 Å². The molecule has 2 aromatic heterocycles. The van der Waals surface area contributed by atoms with Gasteiger partial charge in [-0.1, -0.05) is 60.7 Å². The van der Waals surface area contributed by atoms with Crippen molar-refractivity contribution in [2.75, 3.05) is 4.90 Å². The van der Waals surface area contributed by atoms with Crippen LogP contribution >= 0.6 is 0 Å². The molecule has 0 saturated carbocycles. The minimum absolute atomic E-state index is 0.342. The number of benzene rings is 7. The Kier molecular flexibility index (Phi) is 6.47. The number of imide groups is 1. The lowest BCUT2D eigenvalue weighted by Crippen LogP contribution is -2.29. The van der Waals surface area contributed by atoms with Gasteiger partial charge < -0.3 is 9.13 Å². The molecule has 0 spiro atoms. The van der Waals surface area contributed by atoms with Gasteiger partial charge in [0.15, 0.2) is 0 Å². The van der Waals surface area contributed by atoms with E-state index in [0.29, 0.717) is 33.6 Å². The maximum absolute atomic E-state index is 13.3. The average Bonchev–Trinajstić information content (AvgIpc) is 3.81. The molecule has 0 atom stereocenters. The highest BCUT2D eigenvalue weighted by Gasteiger charge is 2.36. The summed E-state index contributed by atoms with van der Waals surface area (Å²) in [6.07, 6.45) is 0. The standard InChI is InChI=1S/C46H25N5O2/c47-26-28-13-17-32(18-14-28)49-41-11-5-3-7-34(41)38-24-29(15-20-43(38)49)30-16-21-44-39(25-30)35-8-4-6-12-42(35)51(44)40-22-19-33(23-31(40)27-48)50-45(52)36-9-1-2-10-37(36)46(50)53/h1-25H. The maximum Gasteiger partial charge on any atom is 0.266 e. The zero-order valence-electron chi connectivity index (χ0n) is 28.0. The van der Waals surface area contributed by atoms with Gasteiger partial charge in [-0.15, -0.1) is 0 Å². The van der Waals surface area contributed by atoms with Gasteiger partial charge in [-0.3, -0.25) is 9.59 Å². The van der Waals surface area contributed by atoms with Crippen LogP contribution in [-0.2, 0) is 0 Å². The Balaban J connectivity index is 1.10. The molecule has 1 aliphatic heterocycles. The molecule has 9 aromatic rings. The van der Waals surface area contributed by atoms with Crippen LogP contribution in [0.3, 0.4) is 0 Å². The number of para-hydroxylation sites is 2. The first kappa shape index (κ1) is 30.1. The van der Waals surface area contributed by atoms with Gasteiger partial charge in [0, 0.05) is 27.2 Å². The summed E-state index contributed by atoms with van der Waals surface area (Å²) in [5.74, 6) is -0.799. The molecule has 246 valence electrons. The van der Waals surface area contributed by atoms with E-state index in [1.807, 2.05) is 54.6 Å². The van der Waals surface area contributed by atoms with Crippen LogP contribution in [0.2, 0.25) is 0 Å². The molecular formula is C46H25N5O2. The molecule has 3 heterocycles. The lowest BCUT2D eigenvalue weighted by molar-refractivity contribution is 0.0926. The minimum Gasteiger partial charge on any atom is -0.309 e. The Labute approximate surface area is 303 Å². The Hall–Kier alpha value is -7.74. The molecule has 0 N–H and O–H groups in total. The lowest BCUT2D eigenvalue weighted by atomic mass is 10.0. The molecule has 10 rings (SSSR count). The van der Waals surface area contributed by atoms with Crippen molar-refractivity contribution in [1.82, 2.24) is 9.13 Å². The van der Waals surface area contributed by atoms with E-state index in [2.05, 4.69) is 81.9 Å². The third-order valence-corrected chi connectivity index (χ3v) is 10.3. The van der Waals surface area contributed by atoms with Crippen molar-refractivity contribution in [3.05, 3.63) is 174 Å². The van der Waals surface area contributed by atoms with E-state index < -0.39 is 11.8 Å². The lowest BCUT2D eigenvalue weighted by Gasteiger charge is -2.17. The van der Waals surface area contributed by atoms with Crippen molar-refractivity contribution in [3.63, 3.8) is 0 Å². The second-order valence-electron chi connectivity index (χ2n) is 13.1. The van der Waals surface area contributed by atoms with Crippen molar-refractivity contribution >= 4 is 61.1 Å². The number of hydrogen-bond donors (Lipinski definition) is 0. The van der Waals surface area contributed by atoms with Crippen LogP contribution in [0.5, 0.6) is 0 Å². The van der Waals surface area contributed by atoms with Crippen LogP contribution in [0.1, 0.15) is 31.8 Å². The minimum atomic E-state index is -0.399. The van der Waals surface area contributed by atoms with Gasteiger partial charge in [-0.25, -0.2) is 4.90 Å². The van der Waals surface area contributed by atoms with Gasteiger partial charge in [0.25, 0.3) is 11.8 Å². The van der Waals surface area contributed by atoms with Crippen LogP contribution in [0.4, 0.5) is 5.69 Å². The average molecular weight is 680 g/mol. The summed E-state index contributed by atoms with van der Waals surface area (Å²) in [6.45, 7) is 0. The summed E-state index contributed by atoms with van der Waals surface area (Å²) in [5.41, 5.74) is 9.83. The highest BCUT2D eigenvalue weighted by atomic mass is 16.2. The molecule has 2 amide bonds. The van der Waals surface area contributed by atoms with Crippen LogP contribution in [0, 0.1) is 22.7 Å². The fourth-order valence-corrected chi connectivity index (χ4v) is 7.90. The van der Waals surface area contributed by atoms with Crippen LogP contribution in [-0.4, -0.2) is 20.9 Å². The smallest absolute Gasteiger partial charge is 0.266 e. The Morgan fingerprint density at radius 3 is 1.53 bits per heavy atom. The number of fused-ring (bicyclic) bond motifs is 7. The largest absolute Gasteiger partial charge is 0.309 e. The monoisotopic (exact) mass is 679 g/mol. The van der Waals surface area contributed by atoms with E-state index in [9.17, 15) is 20.1 Å². The summed E-state index contributed by atoms with van der Waals surface area (Å²) in [4.78, 5) is 27.6. The van der Waals surface area contributed by atoms with Crippen LogP contribution in [0.15, 0.2) is 152 Å². The number of nitriles is 2. The van der Waals surface area contributed by atoms with Crippen molar-refractivity contribution in [3.8, 4) is 34.6 Å². The third kappa shape index (κ3) is 4.39. The van der Waals surface area contributed by atoms with Crippen molar-refractivity contribution in [2.24, 2.45) is 0 Å². The van der Waals surface area contributed by atoms with Gasteiger partial charge in [0.1, 0.15) is 6.07 Å². The molecule has 0 aliphatic carbocycles. The fourth-order valence-electron chi connectivity index (χ4n) is 7.90. The first-order chi connectivity index (χ1) is 26.0. The summed E-state index contributed by atoms with van der Waals surface area (Å²) in [5, 5.41) is 24.1. The van der Waals surface area contributed by atoms with Crippen LogP contribution in [0.25, 0.3) is 66.1 Å². The SMILES string of the molecule is N#Cc1ccc(-n2c3ccccc3c3cc(-c4ccc5c(c4)c4ccccc4n5-c4ccc(N5C(=O)c6ccccc6C5=O)cc4C#N)ccc32)cc1. The first-order valence-corrected chi connectivity index (χ1v) is 17.1. The summed E-state index contributed by atoms with van der Waals surface area (Å²) in [7, 11) is 0. The molecule has 7 nitrogen and oxygen atoms in total. The molecule has 0 saturated heterocycles.